The number of cyclic esters (lactones) is 2. The fraction of sp³-hybridized carbons (Fsp3) is 0.667. The largest absolute Gasteiger partial charge is 0.393 e. The second kappa shape index (κ2) is 2.71. The van der Waals surface area contributed by atoms with Crippen LogP contribution in [0.3, 0.4) is 0 Å². The van der Waals surface area contributed by atoms with Crippen molar-refractivity contribution in [1.82, 2.24) is 0 Å². The summed E-state index contributed by atoms with van der Waals surface area (Å²) in [6, 6.07) is 0. The Morgan fingerprint density at radius 2 is 1.33 bits per heavy atom. The Morgan fingerprint density at radius 3 is 1.73 bits per heavy atom. The summed E-state index contributed by atoms with van der Waals surface area (Å²) in [5.74, 6) is 0.353. The number of hydrogen-bond acceptors (Lipinski definition) is 3. The van der Waals surface area contributed by atoms with Gasteiger partial charge >= 0.3 is 11.9 Å². The van der Waals surface area contributed by atoms with Gasteiger partial charge in [-0.3, -0.25) is 9.59 Å². The molecular formula is C12H14O3. The molecule has 1 saturated carbocycles. The van der Waals surface area contributed by atoms with Crippen molar-refractivity contribution in [2.45, 2.75) is 13.8 Å². The van der Waals surface area contributed by atoms with E-state index in [0.29, 0.717) is 11.8 Å². The second-order valence-electron chi connectivity index (χ2n) is 5.05. The summed E-state index contributed by atoms with van der Waals surface area (Å²) in [5, 5.41) is 0. The van der Waals surface area contributed by atoms with Gasteiger partial charge < -0.3 is 4.74 Å². The van der Waals surface area contributed by atoms with Crippen molar-refractivity contribution in [3.8, 4) is 0 Å². The van der Waals surface area contributed by atoms with Gasteiger partial charge in [-0.1, -0.05) is 26.0 Å². The van der Waals surface area contributed by atoms with Gasteiger partial charge in [-0.05, 0) is 23.7 Å². The summed E-state index contributed by atoms with van der Waals surface area (Å²) in [4.78, 5) is 23.2. The first kappa shape index (κ1) is 9.13. The van der Waals surface area contributed by atoms with Gasteiger partial charge in [0.05, 0.1) is 11.8 Å². The van der Waals surface area contributed by atoms with E-state index in [2.05, 4.69) is 26.0 Å². The average molecular weight is 206 g/mol. The molecule has 3 heteroatoms. The highest BCUT2D eigenvalue weighted by Gasteiger charge is 2.59. The highest BCUT2D eigenvalue weighted by Crippen LogP contribution is 2.53. The standard InChI is InChI=1S/C12H14O3/c1-5-6(2)8-4-3-7(5)9-10(8)12(14)15-11(9)13/h3-10H,1-2H3. The van der Waals surface area contributed by atoms with Crippen molar-refractivity contribution in [2.24, 2.45) is 35.5 Å². The molecule has 4 aliphatic rings. The van der Waals surface area contributed by atoms with Gasteiger partial charge in [0, 0.05) is 0 Å². The first-order valence-corrected chi connectivity index (χ1v) is 5.55. The molecule has 0 radical (unpaired) electrons. The van der Waals surface area contributed by atoms with Crippen molar-refractivity contribution in [3.63, 3.8) is 0 Å². The molecule has 80 valence electrons. The number of fused-ring (bicyclic) bond motifs is 1. The molecule has 0 spiro atoms. The number of rotatable bonds is 0. The molecule has 3 aliphatic carbocycles. The van der Waals surface area contributed by atoms with Crippen LogP contribution in [0.15, 0.2) is 12.2 Å². The Bertz CT molecular complexity index is 337. The van der Waals surface area contributed by atoms with Crippen LogP contribution in [0, 0.1) is 35.5 Å². The Balaban J connectivity index is 2.08. The Hall–Kier alpha value is -1.12. The van der Waals surface area contributed by atoms with Gasteiger partial charge in [0.25, 0.3) is 0 Å². The van der Waals surface area contributed by atoms with E-state index in [0.717, 1.165) is 0 Å². The molecule has 6 unspecified atom stereocenters. The average Bonchev–Trinajstić information content (AvgIpc) is 2.51. The number of carbonyl (C=O) groups is 2. The van der Waals surface area contributed by atoms with E-state index in [9.17, 15) is 9.59 Å². The van der Waals surface area contributed by atoms with Gasteiger partial charge in [-0.2, -0.15) is 0 Å². The molecular weight excluding hydrogens is 192 g/mol. The fourth-order valence-corrected chi connectivity index (χ4v) is 3.52. The van der Waals surface area contributed by atoms with E-state index in [4.69, 9.17) is 4.74 Å². The molecule has 1 heterocycles. The lowest BCUT2D eigenvalue weighted by atomic mass is 9.55. The lowest BCUT2D eigenvalue weighted by molar-refractivity contribution is -0.154. The van der Waals surface area contributed by atoms with Crippen LogP contribution < -0.4 is 0 Å². The van der Waals surface area contributed by atoms with Crippen molar-refractivity contribution in [3.05, 3.63) is 12.2 Å². The van der Waals surface area contributed by atoms with Crippen molar-refractivity contribution < 1.29 is 14.3 Å². The lowest BCUT2D eigenvalue weighted by Crippen LogP contribution is -2.47. The summed E-state index contributed by atoms with van der Waals surface area (Å²) in [6.45, 7) is 4.33. The maximum Gasteiger partial charge on any atom is 0.318 e. The first-order chi connectivity index (χ1) is 7.11. The minimum absolute atomic E-state index is 0.196. The maximum atomic E-state index is 11.6. The van der Waals surface area contributed by atoms with Crippen molar-refractivity contribution in [2.75, 3.05) is 0 Å². The van der Waals surface area contributed by atoms with E-state index in [-0.39, 0.29) is 35.6 Å². The smallest absolute Gasteiger partial charge is 0.318 e. The molecule has 4 rings (SSSR count). The SMILES string of the molecule is CC1C(C)C2C=CC1C1C(=O)OC(=O)C21. The molecule has 15 heavy (non-hydrogen) atoms. The van der Waals surface area contributed by atoms with Gasteiger partial charge in [0.1, 0.15) is 0 Å². The summed E-state index contributed by atoms with van der Waals surface area (Å²) in [6.07, 6.45) is 4.22. The molecule has 2 fully saturated rings. The molecule has 0 aromatic rings. The summed E-state index contributed by atoms with van der Waals surface area (Å²) >= 11 is 0. The lowest BCUT2D eigenvalue weighted by Gasteiger charge is -2.46. The van der Waals surface area contributed by atoms with Crippen LogP contribution in [-0.4, -0.2) is 11.9 Å². The molecule has 3 nitrogen and oxygen atoms in total. The predicted octanol–water partition coefficient (Wildman–Crippen LogP) is 1.39. The van der Waals surface area contributed by atoms with Gasteiger partial charge in [0.2, 0.25) is 0 Å². The minimum Gasteiger partial charge on any atom is -0.393 e. The summed E-state index contributed by atoms with van der Waals surface area (Å²) < 4.78 is 4.77. The third kappa shape index (κ3) is 0.959. The summed E-state index contributed by atoms with van der Waals surface area (Å²) in [5.41, 5.74) is 0. The molecule has 1 saturated heterocycles. The van der Waals surface area contributed by atoms with Crippen LogP contribution in [0.1, 0.15) is 13.8 Å². The molecule has 0 amide bonds. The van der Waals surface area contributed by atoms with E-state index in [1.807, 2.05) is 0 Å². The van der Waals surface area contributed by atoms with Crippen LogP contribution in [0.2, 0.25) is 0 Å². The van der Waals surface area contributed by atoms with E-state index in [1.165, 1.54) is 0 Å². The van der Waals surface area contributed by atoms with E-state index >= 15 is 0 Å². The highest BCUT2D eigenvalue weighted by molar-refractivity contribution is 5.97. The number of allylic oxidation sites excluding steroid dienone is 2. The number of hydrogen-bond donors (Lipinski definition) is 0. The fourth-order valence-electron chi connectivity index (χ4n) is 3.52. The van der Waals surface area contributed by atoms with Crippen LogP contribution in [0.4, 0.5) is 0 Å². The van der Waals surface area contributed by atoms with Crippen molar-refractivity contribution >= 4 is 11.9 Å². The van der Waals surface area contributed by atoms with Crippen LogP contribution in [-0.2, 0) is 14.3 Å². The zero-order chi connectivity index (χ0) is 10.7. The van der Waals surface area contributed by atoms with Crippen LogP contribution >= 0.6 is 0 Å². The van der Waals surface area contributed by atoms with Gasteiger partial charge in [-0.15, -0.1) is 0 Å². The Labute approximate surface area is 88.5 Å². The van der Waals surface area contributed by atoms with E-state index < -0.39 is 0 Å². The van der Waals surface area contributed by atoms with Gasteiger partial charge in [0.15, 0.2) is 0 Å². The van der Waals surface area contributed by atoms with Crippen LogP contribution in [0.25, 0.3) is 0 Å². The predicted molar refractivity (Wildman–Crippen MR) is 52.5 cm³/mol. The minimum atomic E-state index is -0.303. The monoisotopic (exact) mass is 206 g/mol. The zero-order valence-corrected chi connectivity index (χ0v) is 8.84. The highest BCUT2D eigenvalue weighted by atomic mass is 16.6. The maximum absolute atomic E-state index is 11.6. The quantitative estimate of drug-likeness (QED) is 0.342. The normalized spacial score (nSPS) is 51.9. The first-order valence-electron chi connectivity index (χ1n) is 5.55. The summed E-state index contributed by atoms with van der Waals surface area (Å²) in [7, 11) is 0. The van der Waals surface area contributed by atoms with Gasteiger partial charge in [-0.25, -0.2) is 0 Å². The number of carbonyl (C=O) groups excluding carboxylic acids is 2. The van der Waals surface area contributed by atoms with Crippen molar-refractivity contribution in [1.29, 1.82) is 0 Å². The third-order valence-electron chi connectivity index (χ3n) is 4.56. The molecule has 6 atom stereocenters. The molecule has 0 aromatic heterocycles. The van der Waals surface area contributed by atoms with E-state index in [1.54, 1.807) is 0 Å². The molecule has 1 aliphatic heterocycles. The molecule has 2 bridgehead atoms. The molecule has 0 N–H and O–H groups in total. The Kier molecular flexibility index (Phi) is 1.65. The third-order valence-corrected chi connectivity index (χ3v) is 4.56. The second-order valence-corrected chi connectivity index (χ2v) is 5.05. The Morgan fingerprint density at radius 1 is 0.933 bits per heavy atom. The van der Waals surface area contributed by atoms with Crippen LogP contribution in [0.5, 0.6) is 0 Å². The number of esters is 2. The zero-order valence-electron chi connectivity index (χ0n) is 8.84. The molecule has 0 aromatic carbocycles. The number of ether oxygens (including phenoxy) is 1. The topological polar surface area (TPSA) is 43.4 Å².